The summed E-state index contributed by atoms with van der Waals surface area (Å²) in [6, 6.07) is 14.4. The highest BCUT2D eigenvalue weighted by Crippen LogP contribution is 2.28. The Kier molecular flexibility index (Phi) is 5.36. The minimum Gasteiger partial charge on any atom is -0.490 e. The molecule has 0 unspecified atom stereocenters. The van der Waals surface area contributed by atoms with Crippen LogP contribution in [-0.2, 0) is 0 Å². The molecule has 0 aliphatic rings. The molecule has 106 valence electrons. The molecule has 0 aliphatic heterocycles. The van der Waals surface area contributed by atoms with Gasteiger partial charge in [-0.3, -0.25) is 0 Å². The van der Waals surface area contributed by atoms with E-state index in [0.29, 0.717) is 6.61 Å². The van der Waals surface area contributed by atoms with Gasteiger partial charge in [0.1, 0.15) is 5.58 Å². The van der Waals surface area contributed by atoms with E-state index in [1.54, 1.807) is 0 Å². The van der Waals surface area contributed by atoms with Crippen molar-refractivity contribution in [2.24, 2.45) is 0 Å². The predicted octanol–water partition coefficient (Wildman–Crippen LogP) is 5.38. The Labute approximate surface area is 124 Å². The van der Waals surface area contributed by atoms with Crippen LogP contribution in [0, 0.1) is 6.92 Å². The highest BCUT2D eigenvalue weighted by molar-refractivity contribution is 7.99. The van der Waals surface area contributed by atoms with Crippen molar-refractivity contribution in [3.63, 3.8) is 0 Å². The first-order valence-electron chi connectivity index (χ1n) is 6.87. The standard InChI is InChI=1S/C9H12S.C8H8O2/c1-3-10-9-6-4-8(2)5-7-9;1-2-9-8-5-6-3-4-7(8)10-6/h4-7H,3H2,1-2H3;3-5H,2H2,1H3. The maximum absolute atomic E-state index is 5.26. The molecule has 2 heterocycles. The predicted molar refractivity (Wildman–Crippen MR) is 86.1 cm³/mol. The van der Waals surface area contributed by atoms with Crippen LogP contribution in [-0.4, -0.2) is 12.4 Å². The summed E-state index contributed by atoms with van der Waals surface area (Å²) >= 11 is 1.88. The summed E-state index contributed by atoms with van der Waals surface area (Å²) in [7, 11) is 0. The van der Waals surface area contributed by atoms with Crippen molar-refractivity contribution in [3.05, 3.63) is 48.0 Å². The highest BCUT2D eigenvalue weighted by Gasteiger charge is 2.05. The normalized spacial score (nSPS) is 10.3. The van der Waals surface area contributed by atoms with Gasteiger partial charge in [-0.1, -0.05) is 24.6 Å². The topological polar surface area (TPSA) is 22.4 Å². The van der Waals surface area contributed by atoms with Crippen molar-refractivity contribution in [2.75, 3.05) is 12.4 Å². The van der Waals surface area contributed by atoms with Gasteiger partial charge in [-0.05, 0) is 43.9 Å². The van der Waals surface area contributed by atoms with Crippen LogP contribution in [0.4, 0.5) is 0 Å². The van der Waals surface area contributed by atoms with E-state index in [1.165, 1.54) is 10.5 Å². The largest absolute Gasteiger partial charge is 0.490 e. The Bertz CT molecular complexity index is 613. The molecular weight excluding hydrogens is 268 g/mol. The first-order chi connectivity index (χ1) is 9.72. The van der Waals surface area contributed by atoms with Crippen molar-refractivity contribution in [1.82, 2.24) is 0 Å². The summed E-state index contributed by atoms with van der Waals surface area (Å²) in [6.07, 6.45) is 0. The maximum atomic E-state index is 5.26. The number of ether oxygens (including phenoxy) is 1. The van der Waals surface area contributed by atoms with E-state index in [4.69, 9.17) is 9.15 Å². The van der Waals surface area contributed by atoms with Crippen LogP contribution in [0.25, 0.3) is 11.2 Å². The molecule has 0 radical (unpaired) electrons. The summed E-state index contributed by atoms with van der Waals surface area (Å²) in [4.78, 5) is 1.37. The van der Waals surface area contributed by atoms with Crippen LogP contribution in [0.2, 0.25) is 0 Å². The number of hydrogen-bond donors (Lipinski definition) is 0. The summed E-state index contributed by atoms with van der Waals surface area (Å²) in [5.74, 6) is 2.02. The van der Waals surface area contributed by atoms with Crippen molar-refractivity contribution in [3.8, 4) is 5.75 Å². The van der Waals surface area contributed by atoms with E-state index in [0.717, 1.165) is 22.7 Å². The van der Waals surface area contributed by atoms with E-state index < -0.39 is 0 Å². The number of thioether (sulfide) groups is 1. The van der Waals surface area contributed by atoms with Crippen molar-refractivity contribution >= 4 is 22.9 Å². The molecule has 3 heteroatoms. The lowest BCUT2D eigenvalue weighted by Gasteiger charge is -1.96. The molecule has 0 saturated heterocycles. The molecule has 1 aromatic carbocycles. The van der Waals surface area contributed by atoms with Gasteiger partial charge >= 0.3 is 0 Å². The van der Waals surface area contributed by atoms with Gasteiger partial charge in [-0.2, -0.15) is 0 Å². The van der Waals surface area contributed by atoms with Crippen LogP contribution < -0.4 is 4.74 Å². The van der Waals surface area contributed by atoms with Gasteiger partial charge in [0.05, 0.1) is 6.61 Å². The lowest BCUT2D eigenvalue weighted by molar-refractivity contribution is 0.342. The second-order valence-electron chi connectivity index (χ2n) is 4.39. The first-order valence-corrected chi connectivity index (χ1v) is 7.85. The smallest absolute Gasteiger partial charge is 0.169 e. The fourth-order valence-electron chi connectivity index (χ4n) is 1.83. The van der Waals surface area contributed by atoms with Gasteiger partial charge in [0.2, 0.25) is 0 Å². The highest BCUT2D eigenvalue weighted by atomic mass is 32.2. The molecule has 2 nitrogen and oxygen atoms in total. The Hall–Kier alpha value is -1.61. The lowest BCUT2D eigenvalue weighted by Crippen LogP contribution is -1.88. The van der Waals surface area contributed by atoms with Gasteiger partial charge in [0.15, 0.2) is 11.3 Å². The van der Waals surface area contributed by atoms with Gasteiger partial charge in [-0.25, -0.2) is 0 Å². The van der Waals surface area contributed by atoms with E-state index in [1.807, 2.05) is 36.9 Å². The van der Waals surface area contributed by atoms with Gasteiger partial charge in [0.25, 0.3) is 0 Å². The molecule has 2 aromatic heterocycles. The quantitative estimate of drug-likeness (QED) is 0.602. The molecule has 0 amide bonds. The third kappa shape index (κ3) is 3.94. The van der Waals surface area contributed by atoms with Gasteiger partial charge in [-0.15, -0.1) is 11.8 Å². The Morgan fingerprint density at radius 3 is 2.30 bits per heavy atom. The molecule has 0 N–H and O–H groups in total. The monoisotopic (exact) mass is 288 g/mol. The first kappa shape index (κ1) is 14.8. The summed E-state index contributed by atoms with van der Waals surface area (Å²) < 4.78 is 10.5. The van der Waals surface area contributed by atoms with Crippen LogP contribution in [0.3, 0.4) is 0 Å². The SMILES string of the molecule is CCOc1cc2ccc1o2.CCSc1ccc(C)cc1. The van der Waals surface area contributed by atoms with Crippen LogP contribution in [0.1, 0.15) is 19.4 Å². The molecule has 20 heavy (non-hydrogen) atoms. The number of aryl methyl sites for hydroxylation is 1. The molecule has 0 spiro atoms. The summed E-state index contributed by atoms with van der Waals surface area (Å²) in [5.41, 5.74) is 3.07. The zero-order valence-corrected chi connectivity index (χ0v) is 13.0. The second-order valence-corrected chi connectivity index (χ2v) is 5.73. The number of furan rings is 2. The molecule has 0 atom stereocenters. The average Bonchev–Trinajstić information content (AvgIpc) is 3.05. The molecule has 2 bridgehead atoms. The van der Waals surface area contributed by atoms with Crippen molar-refractivity contribution in [1.29, 1.82) is 0 Å². The molecule has 0 fully saturated rings. The molecule has 3 aromatic rings. The number of rotatable bonds is 4. The lowest BCUT2D eigenvalue weighted by atomic mass is 10.2. The fourth-order valence-corrected chi connectivity index (χ4v) is 2.49. The Morgan fingerprint density at radius 2 is 1.80 bits per heavy atom. The molecular formula is C17H20O2S. The molecule has 3 rings (SSSR count). The van der Waals surface area contributed by atoms with Gasteiger partial charge < -0.3 is 9.15 Å². The number of benzene rings is 2. The minimum atomic E-state index is 0.694. The number of fused-ring (bicyclic) bond motifs is 2. The van der Waals surface area contributed by atoms with Crippen molar-refractivity contribution in [2.45, 2.75) is 25.7 Å². The molecule has 0 saturated carbocycles. The fraction of sp³-hybridized carbons (Fsp3) is 0.294. The minimum absolute atomic E-state index is 0.694. The van der Waals surface area contributed by atoms with E-state index in [2.05, 4.69) is 38.1 Å². The van der Waals surface area contributed by atoms with Crippen LogP contribution in [0.5, 0.6) is 5.75 Å². The summed E-state index contributed by atoms with van der Waals surface area (Å²) in [5, 5.41) is 0. The zero-order valence-electron chi connectivity index (χ0n) is 12.2. The zero-order chi connectivity index (χ0) is 14.4. The third-order valence-electron chi connectivity index (χ3n) is 2.77. The van der Waals surface area contributed by atoms with Crippen molar-refractivity contribution < 1.29 is 9.15 Å². The van der Waals surface area contributed by atoms with Gasteiger partial charge in [0, 0.05) is 11.0 Å². The van der Waals surface area contributed by atoms with E-state index in [-0.39, 0.29) is 0 Å². The molecule has 0 aliphatic carbocycles. The average molecular weight is 288 g/mol. The van der Waals surface area contributed by atoms with Crippen LogP contribution >= 0.6 is 11.8 Å². The van der Waals surface area contributed by atoms with Crippen LogP contribution in [0.15, 0.2) is 51.8 Å². The third-order valence-corrected chi connectivity index (χ3v) is 3.67. The van der Waals surface area contributed by atoms with E-state index in [9.17, 15) is 0 Å². The summed E-state index contributed by atoms with van der Waals surface area (Å²) in [6.45, 7) is 6.94. The second kappa shape index (κ2) is 7.25. The Morgan fingerprint density at radius 1 is 1.05 bits per heavy atom. The maximum Gasteiger partial charge on any atom is 0.169 e. The Balaban J connectivity index is 0.000000147. The van der Waals surface area contributed by atoms with E-state index >= 15 is 0 Å². The number of hydrogen-bond acceptors (Lipinski definition) is 3.